The van der Waals surface area contributed by atoms with Crippen LogP contribution in [0, 0.1) is 17.6 Å². The maximum Gasteiger partial charge on any atom is 0.270 e. The summed E-state index contributed by atoms with van der Waals surface area (Å²) >= 11 is 0. The molecule has 0 saturated heterocycles. The van der Waals surface area contributed by atoms with Crippen molar-refractivity contribution in [3.05, 3.63) is 65.2 Å². The molecule has 1 N–H and O–H groups in total. The van der Waals surface area contributed by atoms with E-state index in [0.717, 1.165) is 18.2 Å². The minimum Gasteiger partial charge on any atom is -0.347 e. The molecule has 2 rings (SSSR count). The summed E-state index contributed by atoms with van der Waals surface area (Å²) in [6.45, 7) is -0.00573. The molecule has 0 aliphatic heterocycles. The summed E-state index contributed by atoms with van der Waals surface area (Å²) in [7, 11) is 0. The minimum atomic E-state index is -0.990. The summed E-state index contributed by atoms with van der Waals surface area (Å²) in [5, 5.41) is 2.43. The lowest BCUT2D eigenvalue weighted by molar-refractivity contribution is 0.0944. The van der Waals surface area contributed by atoms with Crippen molar-refractivity contribution in [3.63, 3.8) is 0 Å². The normalized spacial score (nSPS) is 10.3. The maximum atomic E-state index is 12.9. The van der Waals surface area contributed by atoms with Gasteiger partial charge in [-0.3, -0.25) is 4.79 Å². The van der Waals surface area contributed by atoms with Gasteiger partial charge < -0.3 is 5.32 Å². The van der Waals surface area contributed by atoms with Gasteiger partial charge in [-0.15, -0.1) is 0 Å². The van der Waals surface area contributed by atoms with E-state index in [-0.39, 0.29) is 12.2 Å². The van der Waals surface area contributed by atoms with Crippen molar-refractivity contribution in [2.45, 2.75) is 6.54 Å². The maximum absolute atomic E-state index is 12.9. The van der Waals surface area contributed by atoms with Gasteiger partial charge in [-0.05, 0) is 29.8 Å². The molecule has 2 aromatic rings. The van der Waals surface area contributed by atoms with Crippen LogP contribution in [0.25, 0.3) is 0 Å². The highest BCUT2D eigenvalue weighted by Crippen LogP contribution is 2.08. The molecular weight excluding hydrogens is 257 g/mol. The minimum absolute atomic E-state index is 0.00573. The highest BCUT2D eigenvalue weighted by atomic mass is 19.2. The molecule has 0 saturated carbocycles. The summed E-state index contributed by atoms with van der Waals surface area (Å²) in [6.07, 6.45) is 0. The van der Waals surface area contributed by atoms with Crippen LogP contribution in [0.3, 0.4) is 0 Å². The lowest BCUT2D eigenvalue weighted by Crippen LogP contribution is -2.24. The van der Waals surface area contributed by atoms with Crippen LogP contribution in [0.1, 0.15) is 16.1 Å². The zero-order valence-corrected chi connectivity index (χ0v) is 9.66. The van der Waals surface area contributed by atoms with Gasteiger partial charge in [0, 0.05) is 6.54 Å². The molecule has 19 heavy (non-hydrogen) atoms. The number of aromatic nitrogens is 1. The number of nitrogens with one attached hydrogen (secondary N) is 1. The third kappa shape index (κ3) is 3.31. The number of pyridine rings is 1. The predicted octanol–water partition coefficient (Wildman–Crippen LogP) is 2.43. The van der Waals surface area contributed by atoms with Crippen LogP contribution in [0.4, 0.5) is 13.2 Å². The van der Waals surface area contributed by atoms with Crippen molar-refractivity contribution in [2.24, 2.45) is 0 Å². The van der Waals surface area contributed by atoms with Gasteiger partial charge in [-0.25, -0.2) is 13.8 Å². The number of carbonyl (C=O) groups is 1. The van der Waals surface area contributed by atoms with Gasteiger partial charge in [0.25, 0.3) is 5.91 Å². The Morgan fingerprint density at radius 1 is 1.11 bits per heavy atom. The van der Waals surface area contributed by atoms with Crippen molar-refractivity contribution in [3.8, 4) is 0 Å². The number of rotatable bonds is 3. The molecule has 1 aromatic heterocycles. The molecule has 1 heterocycles. The SMILES string of the molecule is O=C(NCc1ccc(F)c(F)c1)c1cccc(F)n1. The first-order chi connectivity index (χ1) is 9.06. The fourth-order valence-corrected chi connectivity index (χ4v) is 1.46. The highest BCUT2D eigenvalue weighted by Gasteiger charge is 2.08. The fourth-order valence-electron chi connectivity index (χ4n) is 1.46. The molecular formula is C13H9F3N2O. The second-order valence-electron chi connectivity index (χ2n) is 3.78. The molecule has 0 unspecified atom stereocenters. The molecule has 0 spiro atoms. The Bertz CT molecular complexity index is 617. The first-order valence-corrected chi connectivity index (χ1v) is 5.41. The Labute approximate surface area is 107 Å². The van der Waals surface area contributed by atoms with Crippen molar-refractivity contribution >= 4 is 5.91 Å². The molecule has 0 bridgehead atoms. The Morgan fingerprint density at radius 2 is 1.89 bits per heavy atom. The lowest BCUT2D eigenvalue weighted by atomic mass is 10.2. The Morgan fingerprint density at radius 3 is 2.58 bits per heavy atom. The molecule has 0 fully saturated rings. The topological polar surface area (TPSA) is 42.0 Å². The van der Waals surface area contributed by atoms with Gasteiger partial charge in [0.05, 0.1) is 0 Å². The van der Waals surface area contributed by atoms with E-state index in [4.69, 9.17) is 0 Å². The number of amides is 1. The van der Waals surface area contributed by atoms with Crippen LogP contribution in [0.2, 0.25) is 0 Å². The second kappa shape index (κ2) is 5.51. The van der Waals surface area contributed by atoms with Gasteiger partial charge in [0.1, 0.15) is 5.69 Å². The first-order valence-electron chi connectivity index (χ1n) is 5.41. The average molecular weight is 266 g/mol. The van der Waals surface area contributed by atoms with E-state index in [1.54, 1.807) is 0 Å². The molecule has 1 amide bonds. The molecule has 3 nitrogen and oxygen atoms in total. The number of benzene rings is 1. The van der Waals surface area contributed by atoms with E-state index < -0.39 is 23.5 Å². The van der Waals surface area contributed by atoms with E-state index in [1.165, 1.54) is 18.2 Å². The molecule has 1 aromatic carbocycles. The predicted molar refractivity (Wildman–Crippen MR) is 61.7 cm³/mol. The number of carbonyl (C=O) groups excluding carboxylic acids is 1. The summed E-state index contributed by atoms with van der Waals surface area (Å²) in [5.41, 5.74) is 0.311. The van der Waals surface area contributed by atoms with Gasteiger partial charge in [0.2, 0.25) is 5.95 Å². The van der Waals surface area contributed by atoms with E-state index in [1.807, 2.05) is 0 Å². The smallest absolute Gasteiger partial charge is 0.270 e. The van der Waals surface area contributed by atoms with Crippen LogP contribution in [-0.4, -0.2) is 10.9 Å². The third-order valence-corrected chi connectivity index (χ3v) is 2.38. The number of nitrogens with zero attached hydrogens (tertiary/aromatic N) is 1. The number of hydrogen-bond donors (Lipinski definition) is 1. The average Bonchev–Trinajstić information content (AvgIpc) is 2.40. The van der Waals surface area contributed by atoms with Crippen LogP contribution < -0.4 is 5.32 Å². The van der Waals surface area contributed by atoms with Gasteiger partial charge in [-0.1, -0.05) is 12.1 Å². The monoisotopic (exact) mass is 266 g/mol. The molecule has 0 aliphatic carbocycles. The first kappa shape index (κ1) is 13.1. The fraction of sp³-hybridized carbons (Fsp3) is 0.0769. The summed E-state index contributed by atoms with van der Waals surface area (Å²) in [6, 6.07) is 7.12. The van der Waals surface area contributed by atoms with Crippen LogP contribution in [-0.2, 0) is 6.54 Å². The standard InChI is InChI=1S/C13H9F3N2O/c14-9-5-4-8(6-10(9)15)7-17-13(19)11-2-1-3-12(16)18-11/h1-6H,7H2,(H,17,19). The van der Waals surface area contributed by atoms with Crippen molar-refractivity contribution in [1.82, 2.24) is 10.3 Å². The summed E-state index contributed by atoms with van der Waals surface area (Å²) in [4.78, 5) is 15.0. The van der Waals surface area contributed by atoms with Crippen LogP contribution >= 0.6 is 0 Å². The molecule has 0 aliphatic rings. The van der Waals surface area contributed by atoms with Gasteiger partial charge >= 0.3 is 0 Å². The van der Waals surface area contributed by atoms with Crippen molar-refractivity contribution in [1.29, 1.82) is 0 Å². The Hall–Kier alpha value is -2.37. The lowest BCUT2D eigenvalue weighted by Gasteiger charge is -2.05. The van der Waals surface area contributed by atoms with E-state index >= 15 is 0 Å². The highest BCUT2D eigenvalue weighted by molar-refractivity contribution is 5.92. The summed E-state index contributed by atoms with van der Waals surface area (Å²) < 4.78 is 38.4. The van der Waals surface area contributed by atoms with E-state index in [2.05, 4.69) is 10.3 Å². The molecule has 6 heteroatoms. The Kier molecular flexibility index (Phi) is 3.79. The van der Waals surface area contributed by atoms with Crippen molar-refractivity contribution in [2.75, 3.05) is 0 Å². The number of halogens is 3. The zero-order valence-electron chi connectivity index (χ0n) is 9.66. The van der Waals surface area contributed by atoms with E-state index in [9.17, 15) is 18.0 Å². The zero-order chi connectivity index (χ0) is 13.8. The molecule has 98 valence electrons. The quantitative estimate of drug-likeness (QED) is 0.867. The second-order valence-corrected chi connectivity index (χ2v) is 3.78. The van der Waals surface area contributed by atoms with Crippen molar-refractivity contribution < 1.29 is 18.0 Å². The van der Waals surface area contributed by atoms with E-state index in [0.29, 0.717) is 5.56 Å². The number of hydrogen-bond acceptors (Lipinski definition) is 2. The molecule has 0 atom stereocenters. The molecule has 0 radical (unpaired) electrons. The van der Waals surface area contributed by atoms with Crippen LogP contribution in [0.5, 0.6) is 0 Å². The largest absolute Gasteiger partial charge is 0.347 e. The van der Waals surface area contributed by atoms with Gasteiger partial charge in [0.15, 0.2) is 11.6 Å². The summed E-state index contributed by atoms with van der Waals surface area (Å²) in [5.74, 6) is -3.30. The third-order valence-electron chi connectivity index (χ3n) is 2.38. The van der Waals surface area contributed by atoms with Gasteiger partial charge in [-0.2, -0.15) is 4.39 Å². The van der Waals surface area contributed by atoms with Crippen LogP contribution in [0.15, 0.2) is 36.4 Å². The Balaban J connectivity index is 2.02.